The van der Waals surface area contributed by atoms with Crippen molar-refractivity contribution in [2.75, 3.05) is 5.43 Å². The van der Waals surface area contributed by atoms with E-state index in [-0.39, 0.29) is 0 Å². The zero-order valence-corrected chi connectivity index (χ0v) is 12.5. The second-order valence-corrected chi connectivity index (χ2v) is 6.31. The smallest absolute Gasteiger partial charge is 0.243 e. The van der Waals surface area contributed by atoms with Gasteiger partial charge in [-0.1, -0.05) is 19.3 Å². The molecule has 1 aromatic heterocycles. The molecule has 2 atom stereocenters. The van der Waals surface area contributed by atoms with Crippen LogP contribution in [0.3, 0.4) is 0 Å². The van der Waals surface area contributed by atoms with Gasteiger partial charge < -0.3 is 0 Å². The number of nitrogens with one attached hydrogen (secondary N) is 1. The van der Waals surface area contributed by atoms with Crippen molar-refractivity contribution in [1.29, 1.82) is 0 Å². The van der Waals surface area contributed by atoms with Gasteiger partial charge in [0.05, 0.1) is 0 Å². The Balaban J connectivity index is 1.64. The molecule has 1 N–H and O–H groups in total. The van der Waals surface area contributed by atoms with Crippen molar-refractivity contribution in [2.24, 2.45) is 16.9 Å². The minimum Gasteiger partial charge on any atom is -0.245 e. The van der Waals surface area contributed by atoms with Gasteiger partial charge in [0.25, 0.3) is 0 Å². The molecular formula is C16H24N4. The van der Waals surface area contributed by atoms with E-state index in [1.807, 2.05) is 19.9 Å². The van der Waals surface area contributed by atoms with Gasteiger partial charge in [-0.2, -0.15) is 5.10 Å². The van der Waals surface area contributed by atoms with Crippen LogP contribution in [0.2, 0.25) is 0 Å². The summed E-state index contributed by atoms with van der Waals surface area (Å²) in [6.07, 6.45) is 9.29. The van der Waals surface area contributed by atoms with Gasteiger partial charge in [-0.3, -0.25) is 0 Å². The molecule has 0 unspecified atom stereocenters. The van der Waals surface area contributed by atoms with Crippen LogP contribution in [0.5, 0.6) is 0 Å². The van der Waals surface area contributed by atoms with Crippen LogP contribution in [0.4, 0.5) is 5.95 Å². The van der Waals surface area contributed by atoms with Crippen LogP contribution < -0.4 is 5.43 Å². The lowest BCUT2D eigenvalue weighted by atomic mass is 9.70. The molecule has 0 amide bonds. The molecule has 1 heterocycles. The van der Waals surface area contributed by atoms with Gasteiger partial charge >= 0.3 is 0 Å². The summed E-state index contributed by atoms with van der Waals surface area (Å²) in [5.41, 5.74) is 6.32. The first-order chi connectivity index (χ1) is 9.70. The number of aromatic nitrogens is 2. The van der Waals surface area contributed by atoms with Crippen LogP contribution in [0, 0.1) is 25.7 Å². The molecule has 0 aliphatic heterocycles. The molecule has 0 bridgehead atoms. The molecule has 108 valence electrons. The van der Waals surface area contributed by atoms with Crippen molar-refractivity contribution < 1.29 is 0 Å². The Hall–Kier alpha value is -1.45. The van der Waals surface area contributed by atoms with Crippen molar-refractivity contribution in [3.8, 4) is 0 Å². The SMILES string of the molecule is Cc1cc(C)nc(N/N=C2\CC[C@H]3CCCC[C@H]3C2)n1. The summed E-state index contributed by atoms with van der Waals surface area (Å²) in [5.74, 6) is 2.46. The summed E-state index contributed by atoms with van der Waals surface area (Å²) in [4.78, 5) is 8.74. The molecule has 0 aromatic carbocycles. The minimum absolute atomic E-state index is 0.626. The van der Waals surface area contributed by atoms with Crippen LogP contribution in [0.15, 0.2) is 11.2 Å². The third kappa shape index (κ3) is 3.17. The van der Waals surface area contributed by atoms with Crippen LogP contribution in [0.1, 0.15) is 56.3 Å². The molecule has 4 nitrogen and oxygen atoms in total. The van der Waals surface area contributed by atoms with Crippen LogP contribution in [-0.4, -0.2) is 15.7 Å². The summed E-state index contributed by atoms with van der Waals surface area (Å²) in [6, 6.07) is 1.98. The fourth-order valence-electron chi connectivity index (χ4n) is 3.70. The zero-order chi connectivity index (χ0) is 13.9. The van der Waals surface area contributed by atoms with Gasteiger partial charge in [-0.15, -0.1) is 0 Å². The number of hydrazone groups is 1. The molecule has 2 aliphatic rings. The number of anilines is 1. The van der Waals surface area contributed by atoms with E-state index in [1.54, 1.807) is 0 Å². The van der Waals surface area contributed by atoms with Gasteiger partial charge in [0.15, 0.2) is 0 Å². The Morgan fingerprint density at radius 3 is 2.50 bits per heavy atom. The molecule has 2 aliphatic carbocycles. The molecule has 0 spiro atoms. The minimum atomic E-state index is 0.626. The predicted molar refractivity (Wildman–Crippen MR) is 81.9 cm³/mol. The molecule has 2 saturated carbocycles. The predicted octanol–water partition coefficient (Wildman–Crippen LogP) is 3.85. The summed E-state index contributed by atoms with van der Waals surface area (Å²) >= 11 is 0. The lowest BCUT2D eigenvalue weighted by Crippen LogP contribution is -2.28. The zero-order valence-electron chi connectivity index (χ0n) is 12.5. The van der Waals surface area contributed by atoms with Crippen molar-refractivity contribution >= 4 is 11.7 Å². The highest BCUT2D eigenvalue weighted by atomic mass is 15.4. The van der Waals surface area contributed by atoms with Crippen molar-refractivity contribution in [3.63, 3.8) is 0 Å². The number of rotatable bonds is 2. The van der Waals surface area contributed by atoms with E-state index in [4.69, 9.17) is 0 Å². The first-order valence-electron chi connectivity index (χ1n) is 7.84. The van der Waals surface area contributed by atoms with E-state index >= 15 is 0 Å². The Kier molecular flexibility index (Phi) is 3.99. The molecule has 3 rings (SSSR count). The lowest BCUT2D eigenvalue weighted by molar-refractivity contribution is 0.218. The van der Waals surface area contributed by atoms with Gasteiger partial charge in [0.1, 0.15) is 0 Å². The van der Waals surface area contributed by atoms with Gasteiger partial charge in [-0.05, 0) is 57.4 Å². The Morgan fingerprint density at radius 2 is 1.75 bits per heavy atom. The van der Waals surface area contributed by atoms with E-state index in [2.05, 4.69) is 20.5 Å². The van der Waals surface area contributed by atoms with Crippen molar-refractivity contribution in [3.05, 3.63) is 17.5 Å². The van der Waals surface area contributed by atoms with E-state index in [0.717, 1.165) is 29.6 Å². The molecular weight excluding hydrogens is 248 g/mol. The number of nitrogens with zero attached hydrogens (tertiary/aromatic N) is 3. The monoisotopic (exact) mass is 272 g/mol. The molecule has 20 heavy (non-hydrogen) atoms. The number of hydrogen-bond donors (Lipinski definition) is 1. The summed E-state index contributed by atoms with van der Waals surface area (Å²) < 4.78 is 0. The van der Waals surface area contributed by atoms with Crippen molar-refractivity contribution in [2.45, 2.75) is 58.8 Å². The van der Waals surface area contributed by atoms with Crippen LogP contribution in [0.25, 0.3) is 0 Å². The average Bonchev–Trinajstić information content (AvgIpc) is 2.44. The average molecular weight is 272 g/mol. The largest absolute Gasteiger partial charge is 0.245 e. The third-order valence-corrected chi connectivity index (χ3v) is 4.66. The maximum absolute atomic E-state index is 4.57. The summed E-state index contributed by atoms with van der Waals surface area (Å²) in [6.45, 7) is 3.97. The quantitative estimate of drug-likeness (QED) is 0.832. The second kappa shape index (κ2) is 5.90. The highest BCUT2D eigenvalue weighted by molar-refractivity contribution is 5.86. The number of aryl methyl sites for hydroxylation is 2. The van der Waals surface area contributed by atoms with Crippen LogP contribution in [-0.2, 0) is 0 Å². The second-order valence-electron chi connectivity index (χ2n) is 6.31. The normalized spacial score (nSPS) is 28.2. The highest BCUT2D eigenvalue weighted by Gasteiger charge is 2.30. The molecule has 2 fully saturated rings. The first kappa shape index (κ1) is 13.5. The Morgan fingerprint density at radius 1 is 1.05 bits per heavy atom. The van der Waals surface area contributed by atoms with Crippen molar-refractivity contribution in [1.82, 2.24) is 9.97 Å². The van der Waals surface area contributed by atoms with E-state index in [0.29, 0.717) is 5.95 Å². The van der Waals surface area contributed by atoms with E-state index in [1.165, 1.54) is 44.2 Å². The third-order valence-electron chi connectivity index (χ3n) is 4.66. The van der Waals surface area contributed by atoms with Crippen LogP contribution >= 0.6 is 0 Å². The number of fused-ring (bicyclic) bond motifs is 1. The maximum atomic E-state index is 4.57. The maximum Gasteiger partial charge on any atom is 0.243 e. The van der Waals surface area contributed by atoms with Gasteiger partial charge in [0.2, 0.25) is 5.95 Å². The first-order valence-corrected chi connectivity index (χ1v) is 7.84. The fraction of sp³-hybridized carbons (Fsp3) is 0.688. The van der Waals surface area contributed by atoms with Gasteiger partial charge in [0, 0.05) is 17.1 Å². The molecule has 4 heteroatoms. The summed E-state index contributed by atoms with van der Waals surface area (Å²) in [7, 11) is 0. The fourth-order valence-corrected chi connectivity index (χ4v) is 3.70. The standard InChI is InChI=1S/C16H24N4/c1-11-9-12(2)18-16(17-11)20-19-15-8-7-13-5-3-4-6-14(13)10-15/h9,13-14H,3-8,10H2,1-2H3,(H,17,18,20)/b19-15+/t13-,14+/m1/s1. The Labute approximate surface area is 121 Å². The topological polar surface area (TPSA) is 50.2 Å². The van der Waals surface area contributed by atoms with E-state index < -0.39 is 0 Å². The summed E-state index contributed by atoms with van der Waals surface area (Å²) in [5, 5.41) is 4.57. The molecule has 1 aromatic rings. The van der Waals surface area contributed by atoms with Gasteiger partial charge in [-0.25, -0.2) is 15.4 Å². The molecule has 0 saturated heterocycles. The highest BCUT2D eigenvalue weighted by Crippen LogP contribution is 2.39. The van der Waals surface area contributed by atoms with E-state index in [9.17, 15) is 0 Å². The Bertz CT molecular complexity index is 489. The lowest BCUT2D eigenvalue weighted by Gasteiger charge is -2.35. The number of hydrogen-bond acceptors (Lipinski definition) is 4. The molecule has 0 radical (unpaired) electrons.